The van der Waals surface area contributed by atoms with Gasteiger partial charge in [0.25, 0.3) is 10.0 Å². The van der Waals surface area contributed by atoms with E-state index < -0.39 is 10.0 Å². The van der Waals surface area contributed by atoms with Gasteiger partial charge in [-0.3, -0.25) is 4.68 Å². The minimum atomic E-state index is -3.75. The van der Waals surface area contributed by atoms with Crippen LogP contribution in [0.1, 0.15) is 26.0 Å². The number of hydrogen-bond acceptors (Lipinski definition) is 4. The number of sulfonamides is 1. The molecule has 4 rings (SSSR count). The molecule has 0 spiro atoms. The lowest BCUT2D eigenvalue weighted by Crippen LogP contribution is -2.23. The Morgan fingerprint density at radius 2 is 1.81 bits per heavy atom. The number of anilines is 1. The second-order valence-corrected chi connectivity index (χ2v) is 8.38. The van der Waals surface area contributed by atoms with Crippen molar-refractivity contribution in [1.82, 2.24) is 9.78 Å². The monoisotopic (exact) mass is 368 g/mol. The van der Waals surface area contributed by atoms with Crippen LogP contribution in [0, 0.1) is 5.92 Å². The number of hydrogen-bond donors (Lipinski definition) is 1. The van der Waals surface area contributed by atoms with Crippen LogP contribution in [0.2, 0.25) is 0 Å². The van der Waals surface area contributed by atoms with Gasteiger partial charge in [0, 0.05) is 11.9 Å². The normalized spacial score (nSPS) is 15.6. The number of rotatable bonds is 4. The first-order valence-corrected chi connectivity index (χ1v) is 10.1. The van der Waals surface area contributed by atoms with Gasteiger partial charge in [0.15, 0.2) is 5.84 Å². The molecule has 7 heteroatoms. The number of nitrogens with zero attached hydrogens (tertiary/aromatic N) is 3. The predicted molar refractivity (Wildman–Crippen MR) is 103 cm³/mol. The molecule has 134 valence electrons. The van der Waals surface area contributed by atoms with Gasteiger partial charge in [-0.1, -0.05) is 44.2 Å². The molecule has 1 aliphatic heterocycles. The van der Waals surface area contributed by atoms with Gasteiger partial charge in [0.05, 0.1) is 11.2 Å². The molecule has 6 nitrogen and oxygen atoms in total. The van der Waals surface area contributed by atoms with E-state index in [1.165, 1.54) is 0 Å². The van der Waals surface area contributed by atoms with E-state index in [0.717, 1.165) is 23.9 Å². The summed E-state index contributed by atoms with van der Waals surface area (Å²) in [6.45, 7) is 5.11. The van der Waals surface area contributed by atoms with Gasteiger partial charge >= 0.3 is 0 Å². The number of benzene rings is 2. The summed E-state index contributed by atoms with van der Waals surface area (Å²) in [5, 5.41) is 8.70. The molecule has 3 aromatic rings. The molecule has 0 atom stereocenters. The van der Waals surface area contributed by atoms with Gasteiger partial charge in [-0.25, -0.2) is 0 Å². The van der Waals surface area contributed by atoms with E-state index in [1.54, 1.807) is 24.3 Å². The van der Waals surface area contributed by atoms with Crippen molar-refractivity contribution in [3.05, 3.63) is 54.2 Å². The number of nitrogens with one attached hydrogen (secondary N) is 1. The van der Waals surface area contributed by atoms with Crippen LogP contribution in [0.4, 0.5) is 5.69 Å². The summed E-state index contributed by atoms with van der Waals surface area (Å²) < 4.78 is 31.0. The molecule has 1 N–H and O–H groups in total. The van der Waals surface area contributed by atoms with Crippen LogP contribution in [0.25, 0.3) is 10.9 Å². The lowest BCUT2D eigenvalue weighted by Gasteiger charge is -2.16. The van der Waals surface area contributed by atoms with Crippen LogP contribution >= 0.6 is 0 Å². The van der Waals surface area contributed by atoms with Crippen molar-refractivity contribution in [2.75, 3.05) is 5.32 Å². The quantitative estimate of drug-likeness (QED) is 0.763. The molecule has 0 aliphatic carbocycles. The molecule has 0 fully saturated rings. The fourth-order valence-electron chi connectivity index (χ4n) is 3.07. The highest BCUT2D eigenvalue weighted by atomic mass is 32.2. The Bertz CT molecular complexity index is 1110. The summed E-state index contributed by atoms with van der Waals surface area (Å²) in [6.07, 6.45) is 0.992. The zero-order chi connectivity index (χ0) is 18.3. The predicted octanol–water partition coefficient (Wildman–Crippen LogP) is 3.64. The Hall–Kier alpha value is -2.67. The zero-order valence-corrected chi connectivity index (χ0v) is 15.5. The second kappa shape index (κ2) is 6.25. The minimum Gasteiger partial charge on any atom is -0.337 e. The second-order valence-electron chi connectivity index (χ2n) is 6.81. The molecule has 2 heterocycles. The summed E-state index contributed by atoms with van der Waals surface area (Å²) >= 11 is 0. The third kappa shape index (κ3) is 2.88. The average Bonchev–Trinajstić information content (AvgIpc) is 2.98. The number of fused-ring (bicyclic) bond motifs is 2. The van der Waals surface area contributed by atoms with E-state index in [2.05, 4.69) is 28.7 Å². The highest BCUT2D eigenvalue weighted by Gasteiger charge is 2.27. The highest BCUT2D eigenvalue weighted by Crippen LogP contribution is 2.29. The SMILES string of the molecule is CC(C)CCn1nc(C2=NS(=O)(=O)c3ccccc3N2)c2ccccc21. The molecular weight excluding hydrogens is 348 g/mol. The number of aryl methyl sites for hydroxylation is 1. The van der Waals surface area contributed by atoms with Gasteiger partial charge in [-0.15, -0.1) is 4.40 Å². The van der Waals surface area contributed by atoms with Crippen LogP contribution in [-0.4, -0.2) is 24.0 Å². The van der Waals surface area contributed by atoms with Crippen molar-refractivity contribution in [2.45, 2.75) is 31.7 Å². The maximum atomic E-state index is 12.6. The van der Waals surface area contributed by atoms with Crippen molar-refractivity contribution >= 4 is 32.4 Å². The molecule has 0 amide bonds. The fourth-order valence-corrected chi connectivity index (χ4v) is 4.19. The fraction of sp³-hybridized carbons (Fsp3) is 0.263. The van der Waals surface area contributed by atoms with Crippen LogP contribution in [0.3, 0.4) is 0 Å². The molecule has 0 saturated carbocycles. The Morgan fingerprint density at radius 1 is 1.08 bits per heavy atom. The Labute approximate surface area is 152 Å². The first-order chi connectivity index (χ1) is 12.5. The van der Waals surface area contributed by atoms with E-state index in [0.29, 0.717) is 17.3 Å². The molecule has 1 aromatic heterocycles. The molecule has 0 unspecified atom stereocenters. The van der Waals surface area contributed by atoms with Crippen molar-refractivity contribution in [3.63, 3.8) is 0 Å². The van der Waals surface area contributed by atoms with Gasteiger partial charge in [-0.05, 0) is 30.5 Å². The zero-order valence-electron chi connectivity index (χ0n) is 14.7. The van der Waals surface area contributed by atoms with Crippen molar-refractivity contribution in [3.8, 4) is 0 Å². The number of para-hydroxylation sites is 2. The first-order valence-electron chi connectivity index (χ1n) is 8.62. The van der Waals surface area contributed by atoms with Crippen molar-refractivity contribution < 1.29 is 8.42 Å². The third-order valence-corrected chi connectivity index (χ3v) is 5.76. The van der Waals surface area contributed by atoms with Gasteiger partial charge < -0.3 is 5.32 Å². The Morgan fingerprint density at radius 3 is 2.62 bits per heavy atom. The van der Waals surface area contributed by atoms with Gasteiger partial charge in [-0.2, -0.15) is 13.5 Å². The van der Waals surface area contributed by atoms with E-state index in [-0.39, 0.29) is 10.7 Å². The average molecular weight is 368 g/mol. The molecule has 26 heavy (non-hydrogen) atoms. The van der Waals surface area contributed by atoms with E-state index in [9.17, 15) is 8.42 Å². The first kappa shape index (κ1) is 16.8. The summed E-state index contributed by atoms with van der Waals surface area (Å²) in [4.78, 5) is 0.187. The van der Waals surface area contributed by atoms with E-state index in [4.69, 9.17) is 0 Å². The largest absolute Gasteiger partial charge is 0.337 e. The molecule has 2 aromatic carbocycles. The van der Waals surface area contributed by atoms with Gasteiger partial charge in [0.1, 0.15) is 10.6 Å². The topological polar surface area (TPSA) is 76.3 Å². The lowest BCUT2D eigenvalue weighted by atomic mass is 10.1. The van der Waals surface area contributed by atoms with Crippen LogP contribution in [0.15, 0.2) is 57.8 Å². The molecule has 0 bridgehead atoms. The smallest absolute Gasteiger partial charge is 0.286 e. The van der Waals surface area contributed by atoms with Crippen LogP contribution in [-0.2, 0) is 16.6 Å². The third-order valence-electron chi connectivity index (χ3n) is 4.43. The van der Waals surface area contributed by atoms with Crippen molar-refractivity contribution in [2.24, 2.45) is 10.3 Å². The summed E-state index contributed by atoms with van der Waals surface area (Å²) in [7, 11) is -3.75. The van der Waals surface area contributed by atoms with E-state index >= 15 is 0 Å². The van der Waals surface area contributed by atoms with Crippen molar-refractivity contribution in [1.29, 1.82) is 0 Å². The molecule has 0 saturated heterocycles. The standard InChI is InChI=1S/C19H20N4O2S/c1-13(2)11-12-23-16-9-5-3-7-14(16)18(21-23)19-20-15-8-4-6-10-17(15)26(24,25)22-19/h3-10,13H,11-12H2,1-2H3,(H,20,22). The number of amidine groups is 1. The number of aromatic nitrogens is 2. The molecule has 0 radical (unpaired) electrons. The van der Waals surface area contributed by atoms with Gasteiger partial charge in [0.2, 0.25) is 0 Å². The minimum absolute atomic E-state index is 0.187. The lowest BCUT2D eigenvalue weighted by molar-refractivity contribution is 0.496. The summed E-state index contributed by atoms with van der Waals surface area (Å²) in [5.74, 6) is 0.821. The van der Waals surface area contributed by atoms with Crippen LogP contribution < -0.4 is 5.32 Å². The molecular formula is C19H20N4O2S. The maximum Gasteiger partial charge on any atom is 0.286 e. The molecule has 1 aliphatic rings. The summed E-state index contributed by atoms with van der Waals surface area (Å²) in [5.41, 5.74) is 2.06. The van der Waals surface area contributed by atoms with Crippen LogP contribution in [0.5, 0.6) is 0 Å². The summed E-state index contributed by atoms with van der Waals surface area (Å²) in [6, 6.07) is 14.6. The maximum absolute atomic E-state index is 12.6. The Kier molecular flexibility index (Phi) is 4.03. The highest BCUT2D eigenvalue weighted by molar-refractivity contribution is 7.90. The Balaban J connectivity index is 1.84. The van der Waals surface area contributed by atoms with E-state index in [1.807, 2.05) is 28.9 Å².